The standard InChI is InChI=1S/C15H22N6O2/c1-2-3-5-11(10-16)19-12(22)6-7-13-20-15(21-23-13)14-17-8-4-9-18-14/h4,8-9,11H,2-3,5-7,10,16H2,1H3,(H,19,22). The minimum Gasteiger partial charge on any atom is -0.352 e. The van der Waals surface area contributed by atoms with E-state index in [1.165, 1.54) is 0 Å². The molecule has 0 aliphatic carbocycles. The monoisotopic (exact) mass is 318 g/mol. The number of amides is 1. The van der Waals surface area contributed by atoms with E-state index in [1.807, 2.05) is 0 Å². The Bertz CT molecular complexity index is 601. The third-order valence-corrected chi connectivity index (χ3v) is 3.36. The minimum absolute atomic E-state index is 0.0263. The first-order chi connectivity index (χ1) is 11.2. The van der Waals surface area contributed by atoms with Gasteiger partial charge in [0.25, 0.3) is 0 Å². The van der Waals surface area contributed by atoms with Crippen LogP contribution in [0, 0.1) is 0 Å². The maximum atomic E-state index is 11.9. The van der Waals surface area contributed by atoms with E-state index in [0.717, 1.165) is 19.3 Å². The van der Waals surface area contributed by atoms with Gasteiger partial charge in [-0.05, 0) is 12.5 Å². The molecule has 0 bridgehead atoms. The highest BCUT2D eigenvalue weighted by atomic mass is 16.5. The van der Waals surface area contributed by atoms with E-state index in [0.29, 0.717) is 30.5 Å². The van der Waals surface area contributed by atoms with E-state index >= 15 is 0 Å². The van der Waals surface area contributed by atoms with Gasteiger partial charge in [-0.25, -0.2) is 9.97 Å². The van der Waals surface area contributed by atoms with Gasteiger partial charge in [-0.1, -0.05) is 24.9 Å². The number of unbranched alkanes of at least 4 members (excludes halogenated alkanes) is 1. The third kappa shape index (κ3) is 5.41. The van der Waals surface area contributed by atoms with Crippen LogP contribution < -0.4 is 11.1 Å². The summed E-state index contributed by atoms with van der Waals surface area (Å²) in [6.07, 6.45) is 6.89. The van der Waals surface area contributed by atoms with Crippen LogP contribution in [0.2, 0.25) is 0 Å². The Hall–Kier alpha value is -2.35. The average molecular weight is 318 g/mol. The van der Waals surface area contributed by atoms with Gasteiger partial charge >= 0.3 is 0 Å². The molecule has 1 amide bonds. The molecule has 0 saturated heterocycles. The van der Waals surface area contributed by atoms with Crippen LogP contribution in [0.3, 0.4) is 0 Å². The van der Waals surface area contributed by atoms with Crippen molar-refractivity contribution in [2.45, 2.75) is 45.1 Å². The Balaban J connectivity index is 1.82. The van der Waals surface area contributed by atoms with Crippen molar-refractivity contribution in [1.29, 1.82) is 0 Å². The molecule has 0 aliphatic heterocycles. The first-order valence-electron chi connectivity index (χ1n) is 7.82. The van der Waals surface area contributed by atoms with Crippen LogP contribution >= 0.6 is 0 Å². The lowest BCUT2D eigenvalue weighted by atomic mass is 10.1. The Labute approximate surface area is 134 Å². The summed E-state index contributed by atoms with van der Waals surface area (Å²) in [4.78, 5) is 24.2. The first-order valence-corrected chi connectivity index (χ1v) is 7.82. The zero-order valence-electron chi connectivity index (χ0n) is 13.2. The molecular formula is C15H22N6O2. The number of nitrogens with one attached hydrogen (secondary N) is 1. The number of aromatic nitrogens is 4. The molecule has 8 heteroatoms. The molecular weight excluding hydrogens is 296 g/mol. The van der Waals surface area contributed by atoms with Gasteiger partial charge in [-0.3, -0.25) is 4.79 Å². The maximum absolute atomic E-state index is 11.9. The highest BCUT2D eigenvalue weighted by molar-refractivity contribution is 5.76. The van der Waals surface area contributed by atoms with Crippen molar-refractivity contribution < 1.29 is 9.32 Å². The van der Waals surface area contributed by atoms with E-state index in [4.69, 9.17) is 10.3 Å². The number of rotatable bonds is 9. The van der Waals surface area contributed by atoms with Crippen molar-refractivity contribution in [3.8, 4) is 11.6 Å². The summed E-state index contributed by atoms with van der Waals surface area (Å²) in [6, 6.07) is 1.74. The predicted molar refractivity (Wildman–Crippen MR) is 84.2 cm³/mol. The molecule has 0 saturated carbocycles. The molecule has 2 heterocycles. The molecule has 2 aromatic rings. The number of hydrogen-bond donors (Lipinski definition) is 2. The Morgan fingerprint density at radius 3 is 2.83 bits per heavy atom. The fourth-order valence-corrected chi connectivity index (χ4v) is 2.08. The number of hydrogen-bond acceptors (Lipinski definition) is 7. The van der Waals surface area contributed by atoms with Gasteiger partial charge in [-0.2, -0.15) is 4.98 Å². The van der Waals surface area contributed by atoms with E-state index in [1.54, 1.807) is 18.5 Å². The van der Waals surface area contributed by atoms with Crippen LogP contribution in [0.25, 0.3) is 11.6 Å². The SMILES string of the molecule is CCCCC(CN)NC(=O)CCc1nc(-c2ncccn2)no1. The summed E-state index contributed by atoms with van der Waals surface area (Å²) in [5.74, 6) is 1.05. The summed E-state index contributed by atoms with van der Waals surface area (Å²) in [5.41, 5.74) is 5.67. The molecule has 1 atom stereocenters. The summed E-state index contributed by atoms with van der Waals surface area (Å²) < 4.78 is 5.12. The summed E-state index contributed by atoms with van der Waals surface area (Å²) >= 11 is 0. The maximum Gasteiger partial charge on any atom is 0.240 e. The summed E-state index contributed by atoms with van der Waals surface area (Å²) in [7, 11) is 0. The molecule has 124 valence electrons. The fraction of sp³-hybridized carbons (Fsp3) is 0.533. The van der Waals surface area contributed by atoms with Crippen molar-refractivity contribution in [3.63, 3.8) is 0 Å². The molecule has 0 spiro atoms. The predicted octanol–water partition coefficient (Wildman–Crippen LogP) is 1.09. The van der Waals surface area contributed by atoms with Gasteiger partial charge in [-0.15, -0.1) is 0 Å². The second kappa shape index (κ2) is 8.94. The van der Waals surface area contributed by atoms with Crippen LogP contribution in [0.15, 0.2) is 23.0 Å². The second-order valence-corrected chi connectivity index (χ2v) is 5.23. The van der Waals surface area contributed by atoms with E-state index in [2.05, 4.69) is 32.3 Å². The van der Waals surface area contributed by atoms with E-state index < -0.39 is 0 Å². The van der Waals surface area contributed by atoms with Crippen LogP contribution in [0.5, 0.6) is 0 Å². The summed E-state index contributed by atoms with van der Waals surface area (Å²) in [5, 5.41) is 6.75. The molecule has 2 rings (SSSR count). The Morgan fingerprint density at radius 2 is 2.13 bits per heavy atom. The molecule has 2 aromatic heterocycles. The first kappa shape index (κ1) is 17.0. The minimum atomic E-state index is -0.0627. The van der Waals surface area contributed by atoms with Gasteiger partial charge in [0.1, 0.15) is 0 Å². The number of carbonyl (C=O) groups is 1. The smallest absolute Gasteiger partial charge is 0.240 e. The van der Waals surface area contributed by atoms with Gasteiger partial charge in [0.15, 0.2) is 0 Å². The van der Waals surface area contributed by atoms with Gasteiger partial charge in [0.2, 0.25) is 23.4 Å². The van der Waals surface area contributed by atoms with Gasteiger partial charge in [0.05, 0.1) is 0 Å². The van der Waals surface area contributed by atoms with Gasteiger partial charge < -0.3 is 15.6 Å². The van der Waals surface area contributed by atoms with Crippen LogP contribution in [0.1, 0.15) is 38.5 Å². The average Bonchev–Trinajstić information content (AvgIpc) is 3.06. The topological polar surface area (TPSA) is 120 Å². The zero-order valence-corrected chi connectivity index (χ0v) is 13.2. The zero-order chi connectivity index (χ0) is 16.5. The van der Waals surface area contributed by atoms with Crippen molar-refractivity contribution in [2.24, 2.45) is 5.73 Å². The molecule has 0 aromatic carbocycles. The highest BCUT2D eigenvalue weighted by Gasteiger charge is 2.14. The van der Waals surface area contributed by atoms with Crippen LogP contribution in [-0.4, -0.2) is 38.6 Å². The van der Waals surface area contributed by atoms with Gasteiger partial charge in [0, 0.05) is 37.8 Å². The largest absolute Gasteiger partial charge is 0.352 e. The molecule has 0 aliphatic rings. The second-order valence-electron chi connectivity index (χ2n) is 5.23. The number of aryl methyl sites for hydroxylation is 1. The van der Waals surface area contributed by atoms with E-state index in [9.17, 15) is 4.79 Å². The third-order valence-electron chi connectivity index (χ3n) is 3.36. The molecule has 8 nitrogen and oxygen atoms in total. The van der Waals surface area contributed by atoms with Crippen molar-refractivity contribution in [1.82, 2.24) is 25.4 Å². The van der Waals surface area contributed by atoms with Crippen LogP contribution in [0.4, 0.5) is 0 Å². The molecule has 0 radical (unpaired) electrons. The van der Waals surface area contributed by atoms with E-state index in [-0.39, 0.29) is 18.4 Å². The van der Waals surface area contributed by atoms with Crippen molar-refractivity contribution in [2.75, 3.05) is 6.54 Å². The lowest BCUT2D eigenvalue weighted by Crippen LogP contribution is -2.40. The molecule has 23 heavy (non-hydrogen) atoms. The molecule has 1 unspecified atom stereocenters. The molecule has 0 fully saturated rings. The number of nitrogens with zero attached hydrogens (tertiary/aromatic N) is 4. The quantitative estimate of drug-likeness (QED) is 0.710. The lowest BCUT2D eigenvalue weighted by Gasteiger charge is -2.15. The fourth-order valence-electron chi connectivity index (χ4n) is 2.08. The normalized spacial score (nSPS) is 12.1. The lowest BCUT2D eigenvalue weighted by molar-refractivity contribution is -0.121. The number of nitrogens with two attached hydrogens (primary N) is 1. The summed E-state index contributed by atoms with van der Waals surface area (Å²) in [6.45, 7) is 2.56. The van der Waals surface area contributed by atoms with Crippen molar-refractivity contribution in [3.05, 3.63) is 24.4 Å². The Morgan fingerprint density at radius 1 is 1.35 bits per heavy atom. The number of carbonyl (C=O) groups excluding carboxylic acids is 1. The Kier molecular flexibility index (Phi) is 6.61. The highest BCUT2D eigenvalue weighted by Crippen LogP contribution is 2.10. The van der Waals surface area contributed by atoms with Crippen LogP contribution in [-0.2, 0) is 11.2 Å². The van der Waals surface area contributed by atoms with Crippen molar-refractivity contribution >= 4 is 5.91 Å². The molecule has 3 N–H and O–H groups in total.